The molecule has 2 heterocycles. The summed E-state index contributed by atoms with van der Waals surface area (Å²) in [5.41, 5.74) is 2.09. The van der Waals surface area contributed by atoms with Crippen molar-refractivity contribution < 1.29 is 9.90 Å². The Hall–Kier alpha value is -0.940. The van der Waals surface area contributed by atoms with Crippen LogP contribution >= 0.6 is 15.9 Å². The number of pyridine rings is 1. The molecule has 0 spiro atoms. The normalized spacial score (nSPS) is 22.6. The molecule has 5 heteroatoms. The van der Waals surface area contributed by atoms with Gasteiger partial charge in [0, 0.05) is 23.8 Å². The Morgan fingerprint density at radius 2 is 2.32 bits per heavy atom. The van der Waals surface area contributed by atoms with Gasteiger partial charge >= 0.3 is 5.97 Å². The van der Waals surface area contributed by atoms with Crippen LogP contribution in [0.5, 0.6) is 0 Å². The second-order valence-electron chi connectivity index (χ2n) is 6.04. The van der Waals surface area contributed by atoms with Crippen molar-refractivity contribution in [1.82, 2.24) is 9.88 Å². The molecule has 1 aliphatic rings. The van der Waals surface area contributed by atoms with E-state index >= 15 is 0 Å². The number of aryl methyl sites for hydroxylation is 1. The molecule has 1 aromatic heterocycles. The Balaban J connectivity index is 2.19. The zero-order valence-electron chi connectivity index (χ0n) is 11.5. The van der Waals surface area contributed by atoms with Crippen molar-refractivity contribution in [2.45, 2.75) is 39.8 Å². The third kappa shape index (κ3) is 3.34. The number of halogens is 1. The predicted octanol–water partition coefficient (Wildman–Crippen LogP) is 2.84. The number of carbonyl (C=O) groups is 1. The minimum Gasteiger partial charge on any atom is -0.480 e. The van der Waals surface area contributed by atoms with Crippen LogP contribution in [-0.2, 0) is 11.3 Å². The zero-order chi connectivity index (χ0) is 14.2. The number of carboxylic acids is 1. The van der Waals surface area contributed by atoms with E-state index in [0.29, 0.717) is 13.0 Å². The van der Waals surface area contributed by atoms with E-state index in [2.05, 4.69) is 34.8 Å². The van der Waals surface area contributed by atoms with E-state index in [0.717, 1.165) is 22.3 Å². The number of hydrogen-bond acceptors (Lipinski definition) is 3. The van der Waals surface area contributed by atoms with Crippen LogP contribution in [0.1, 0.15) is 31.5 Å². The summed E-state index contributed by atoms with van der Waals surface area (Å²) in [5.74, 6) is -0.736. The summed E-state index contributed by atoms with van der Waals surface area (Å²) in [5, 5.41) is 9.34. The van der Waals surface area contributed by atoms with Gasteiger partial charge in [0.25, 0.3) is 0 Å². The van der Waals surface area contributed by atoms with Crippen molar-refractivity contribution in [3.63, 3.8) is 0 Å². The Labute approximate surface area is 122 Å². The van der Waals surface area contributed by atoms with E-state index in [9.17, 15) is 9.90 Å². The highest BCUT2D eigenvalue weighted by Gasteiger charge is 2.41. The highest BCUT2D eigenvalue weighted by atomic mass is 79.9. The Kier molecular flexibility index (Phi) is 3.97. The zero-order valence-corrected chi connectivity index (χ0v) is 13.1. The molecule has 0 amide bonds. The number of likely N-dealkylation sites (tertiary alicyclic amines) is 1. The first-order valence-electron chi connectivity index (χ1n) is 6.36. The van der Waals surface area contributed by atoms with Gasteiger partial charge < -0.3 is 5.11 Å². The van der Waals surface area contributed by atoms with Crippen LogP contribution in [-0.4, -0.2) is 33.5 Å². The van der Waals surface area contributed by atoms with Crippen molar-refractivity contribution in [1.29, 1.82) is 0 Å². The molecule has 1 saturated heterocycles. The first-order chi connectivity index (χ1) is 8.78. The average molecular weight is 327 g/mol. The van der Waals surface area contributed by atoms with Gasteiger partial charge in [-0.1, -0.05) is 13.8 Å². The number of hydrogen-bond donors (Lipinski definition) is 1. The highest BCUT2D eigenvalue weighted by Crippen LogP contribution is 2.35. The molecule has 1 unspecified atom stereocenters. The quantitative estimate of drug-likeness (QED) is 0.927. The molecule has 0 saturated carbocycles. The van der Waals surface area contributed by atoms with Crippen LogP contribution in [0, 0.1) is 12.3 Å². The molecular weight excluding hydrogens is 308 g/mol. The lowest BCUT2D eigenvalue weighted by Gasteiger charge is -2.22. The number of aromatic nitrogens is 1. The fraction of sp³-hybridized carbons (Fsp3) is 0.571. The van der Waals surface area contributed by atoms with Gasteiger partial charge in [0.1, 0.15) is 6.04 Å². The maximum Gasteiger partial charge on any atom is 0.320 e. The predicted molar refractivity (Wildman–Crippen MR) is 76.9 cm³/mol. The Morgan fingerprint density at radius 1 is 1.63 bits per heavy atom. The standard InChI is InChI=1S/C14H19BrN2O2/c1-9-4-10(15)6-16-11(9)7-17-8-14(2,3)5-12(17)13(18)19/h4,6,12H,5,7-8H2,1-3H3,(H,18,19). The SMILES string of the molecule is Cc1cc(Br)cnc1CN1CC(C)(C)CC1C(=O)O. The van der Waals surface area contributed by atoms with Gasteiger partial charge in [-0.3, -0.25) is 14.7 Å². The molecule has 1 aromatic rings. The van der Waals surface area contributed by atoms with E-state index in [1.807, 2.05) is 17.9 Å². The maximum atomic E-state index is 11.4. The average Bonchev–Trinajstić information content (AvgIpc) is 2.58. The summed E-state index contributed by atoms with van der Waals surface area (Å²) >= 11 is 3.39. The van der Waals surface area contributed by atoms with Crippen LogP contribution in [0.25, 0.3) is 0 Å². The highest BCUT2D eigenvalue weighted by molar-refractivity contribution is 9.10. The minimum atomic E-state index is -0.736. The van der Waals surface area contributed by atoms with E-state index in [-0.39, 0.29) is 5.41 Å². The molecule has 1 atom stereocenters. The van der Waals surface area contributed by atoms with Crippen LogP contribution in [0.3, 0.4) is 0 Å². The lowest BCUT2D eigenvalue weighted by Crippen LogP contribution is -2.35. The van der Waals surface area contributed by atoms with Crippen molar-refractivity contribution in [2.75, 3.05) is 6.54 Å². The van der Waals surface area contributed by atoms with Gasteiger partial charge in [0.2, 0.25) is 0 Å². The second kappa shape index (κ2) is 5.21. The molecule has 0 aliphatic carbocycles. The fourth-order valence-electron chi connectivity index (χ4n) is 2.71. The van der Waals surface area contributed by atoms with Gasteiger partial charge in [0.05, 0.1) is 5.69 Å². The molecule has 1 N–H and O–H groups in total. The third-order valence-corrected chi connectivity index (χ3v) is 4.04. The topological polar surface area (TPSA) is 53.4 Å². The first-order valence-corrected chi connectivity index (χ1v) is 7.16. The fourth-order valence-corrected chi connectivity index (χ4v) is 3.16. The molecule has 1 fully saturated rings. The molecular formula is C14H19BrN2O2. The van der Waals surface area contributed by atoms with Crippen molar-refractivity contribution in [2.24, 2.45) is 5.41 Å². The molecule has 0 aromatic carbocycles. The third-order valence-electron chi connectivity index (χ3n) is 3.61. The molecule has 1 aliphatic heterocycles. The van der Waals surface area contributed by atoms with Gasteiger partial charge in [-0.15, -0.1) is 0 Å². The molecule has 0 bridgehead atoms. The van der Waals surface area contributed by atoms with Gasteiger partial charge in [-0.25, -0.2) is 0 Å². The lowest BCUT2D eigenvalue weighted by atomic mass is 9.91. The molecule has 2 rings (SSSR count). The molecule has 0 radical (unpaired) electrons. The number of carboxylic acid groups (broad SMARTS) is 1. The minimum absolute atomic E-state index is 0.0479. The monoisotopic (exact) mass is 326 g/mol. The summed E-state index contributed by atoms with van der Waals surface area (Å²) in [6.07, 6.45) is 2.46. The largest absolute Gasteiger partial charge is 0.480 e. The first kappa shape index (κ1) is 14.5. The molecule has 104 valence electrons. The van der Waals surface area contributed by atoms with Gasteiger partial charge in [-0.2, -0.15) is 0 Å². The Bertz CT molecular complexity index is 502. The van der Waals surface area contributed by atoms with Crippen LogP contribution in [0.4, 0.5) is 0 Å². The summed E-state index contributed by atoms with van der Waals surface area (Å²) in [6.45, 7) is 7.63. The lowest BCUT2D eigenvalue weighted by molar-refractivity contribution is -0.142. The summed E-state index contributed by atoms with van der Waals surface area (Å²) in [6, 6.07) is 1.61. The second-order valence-corrected chi connectivity index (χ2v) is 6.96. The van der Waals surface area contributed by atoms with Crippen molar-refractivity contribution >= 4 is 21.9 Å². The number of nitrogens with zero attached hydrogens (tertiary/aromatic N) is 2. The summed E-state index contributed by atoms with van der Waals surface area (Å²) < 4.78 is 0.949. The van der Waals surface area contributed by atoms with Gasteiger partial charge in [0.15, 0.2) is 0 Å². The van der Waals surface area contributed by atoms with E-state index in [1.165, 1.54) is 0 Å². The molecule has 19 heavy (non-hydrogen) atoms. The summed E-state index contributed by atoms with van der Waals surface area (Å²) in [4.78, 5) is 17.8. The van der Waals surface area contributed by atoms with E-state index in [4.69, 9.17) is 0 Å². The smallest absolute Gasteiger partial charge is 0.320 e. The van der Waals surface area contributed by atoms with Crippen LogP contribution < -0.4 is 0 Å². The molecule has 4 nitrogen and oxygen atoms in total. The van der Waals surface area contributed by atoms with Crippen LogP contribution in [0.15, 0.2) is 16.7 Å². The number of rotatable bonds is 3. The van der Waals surface area contributed by atoms with Crippen molar-refractivity contribution in [3.8, 4) is 0 Å². The van der Waals surface area contributed by atoms with Gasteiger partial charge in [-0.05, 0) is 46.3 Å². The number of aliphatic carboxylic acids is 1. The Morgan fingerprint density at radius 3 is 2.89 bits per heavy atom. The van der Waals surface area contributed by atoms with Crippen molar-refractivity contribution in [3.05, 3.63) is 28.0 Å². The summed E-state index contributed by atoms with van der Waals surface area (Å²) in [7, 11) is 0. The maximum absolute atomic E-state index is 11.4. The van der Waals surface area contributed by atoms with Crippen LogP contribution in [0.2, 0.25) is 0 Å². The van der Waals surface area contributed by atoms with E-state index in [1.54, 1.807) is 6.20 Å². The van der Waals surface area contributed by atoms with E-state index < -0.39 is 12.0 Å².